The van der Waals surface area contributed by atoms with Crippen LogP contribution < -0.4 is 11.1 Å². The molecule has 0 atom stereocenters. The molecular weight excluding hydrogens is 210 g/mol. The highest BCUT2D eigenvalue weighted by Gasteiger charge is 2.19. The summed E-state index contributed by atoms with van der Waals surface area (Å²) in [7, 11) is 0. The van der Waals surface area contributed by atoms with Gasteiger partial charge in [-0.2, -0.15) is 0 Å². The normalized spacial score (nSPS) is 15.1. The summed E-state index contributed by atoms with van der Waals surface area (Å²) in [5.41, 5.74) is 11.2. The molecule has 0 saturated carbocycles. The maximum Gasteiger partial charge on any atom is 0.224 e. The Balaban J connectivity index is 2.35. The molecule has 0 aliphatic carbocycles. The van der Waals surface area contributed by atoms with Crippen LogP contribution in [0.15, 0.2) is 11.6 Å². The lowest BCUT2D eigenvalue weighted by atomic mass is 10.0. The van der Waals surface area contributed by atoms with Crippen molar-refractivity contribution in [3.8, 4) is 0 Å². The molecule has 1 aromatic carbocycles. The van der Waals surface area contributed by atoms with Gasteiger partial charge in [0.25, 0.3) is 0 Å². The summed E-state index contributed by atoms with van der Waals surface area (Å²) in [6, 6.07) is 1.94. The van der Waals surface area contributed by atoms with E-state index >= 15 is 0 Å². The number of fused-ring (bicyclic) bond motifs is 3. The van der Waals surface area contributed by atoms with Crippen LogP contribution in [-0.2, 0) is 11.2 Å². The number of nitrogens with one attached hydrogen (secondary N) is 1. The molecule has 76 valence electrons. The molecule has 5 heteroatoms. The van der Waals surface area contributed by atoms with Crippen molar-refractivity contribution in [2.75, 3.05) is 11.1 Å². The molecular formula is C10H9N3OS. The number of rotatable bonds is 0. The van der Waals surface area contributed by atoms with Crippen LogP contribution in [0.5, 0.6) is 0 Å². The van der Waals surface area contributed by atoms with E-state index in [0.717, 1.165) is 33.6 Å². The summed E-state index contributed by atoms with van der Waals surface area (Å²) in [6.07, 6.45) is 1.28. The minimum absolute atomic E-state index is 0.0570. The molecule has 2 aromatic rings. The number of benzene rings is 1. The Hall–Kier alpha value is -1.62. The maximum atomic E-state index is 11.3. The minimum Gasteiger partial charge on any atom is -0.398 e. The number of carbonyl (C=O) groups is 1. The standard InChI is InChI=1S/C10H9N3OS/c11-6-3-5-1-2-7(14)13-8(5)9-10(6)15-4-12-9/h3-4H,1-2,11H2,(H,13,14). The molecule has 0 bridgehead atoms. The van der Waals surface area contributed by atoms with E-state index in [2.05, 4.69) is 10.3 Å². The Morgan fingerprint density at radius 2 is 2.33 bits per heavy atom. The second-order valence-corrected chi connectivity index (χ2v) is 4.43. The third-order valence-electron chi connectivity index (χ3n) is 2.60. The third kappa shape index (κ3) is 1.20. The van der Waals surface area contributed by atoms with Crippen LogP contribution in [0.3, 0.4) is 0 Å². The van der Waals surface area contributed by atoms with Gasteiger partial charge >= 0.3 is 0 Å². The summed E-state index contributed by atoms with van der Waals surface area (Å²) in [5, 5.41) is 2.87. The van der Waals surface area contributed by atoms with Crippen LogP contribution in [-0.4, -0.2) is 10.9 Å². The van der Waals surface area contributed by atoms with Gasteiger partial charge in [-0.05, 0) is 18.1 Å². The zero-order valence-corrected chi connectivity index (χ0v) is 8.73. The number of carbonyl (C=O) groups excluding carboxylic acids is 1. The average Bonchev–Trinajstić information content (AvgIpc) is 2.69. The van der Waals surface area contributed by atoms with Crippen LogP contribution in [0.1, 0.15) is 12.0 Å². The fourth-order valence-corrected chi connectivity index (χ4v) is 2.62. The van der Waals surface area contributed by atoms with Gasteiger partial charge in [0.2, 0.25) is 5.91 Å². The molecule has 1 amide bonds. The molecule has 1 aliphatic heterocycles. The Morgan fingerprint density at radius 3 is 3.20 bits per heavy atom. The van der Waals surface area contributed by atoms with E-state index in [4.69, 9.17) is 5.73 Å². The molecule has 4 nitrogen and oxygen atoms in total. The Labute approximate surface area is 90.1 Å². The predicted octanol–water partition coefficient (Wildman–Crippen LogP) is 1.76. The second-order valence-electron chi connectivity index (χ2n) is 3.58. The van der Waals surface area contributed by atoms with Gasteiger partial charge in [-0.1, -0.05) is 0 Å². The highest BCUT2D eigenvalue weighted by molar-refractivity contribution is 7.17. The average molecular weight is 219 g/mol. The molecule has 0 unspecified atom stereocenters. The number of amides is 1. The summed E-state index contributed by atoms with van der Waals surface area (Å²) in [6.45, 7) is 0. The number of aromatic nitrogens is 1. The van der Waals surface area contributed by atoms with Gasteiger partial charge in [-0.25, -0.2) is 4.98 Å². The van der Waals surface area contributed by atoms with Crippen LogP contribution in [0.2, 0.25) is 0 Å². The van der Waals surface area contributed by atoms with E-state index in [9.17, 15) is 4.79 Å². The maximum absolute atomic E-state index is 11.3. The molecule has 0 spiro atoms. The minimum atomic E-state index is 0.0570. The van der Waals surface area contributed by atoms with Crippen molar-refractivity contribution in [2.45, 2.75) is 12.8 Å². The van der Waals surface area contributed by atoms with Crippen molar-refractivity contribution < 1.29 is 4.79 Å². The summed E-state index contributed by atoms with van der Waals surface area (Å²) in [4.78, 5) is 15.6. The molecule has 2 heterocycles. The van der Waals surface area contributed by atoms with Crippen molar-refractivity contribution in [1.82, 2.24) is 4.98 Å². The lowest BCUT2D eigenvalue weighted by Crippen LogP contribution is -2.19. The molecule has 3 rings (SSSR count). The molecule has 0 radical (unpaired) electrons. The van der Waals surface area contributed by atoms with Gasteiger partial charge in [0.1, 0.15) is 5.52 Å². The van der Waals surface area contributed by atoms with Gasteiger partial charge in [0.05, 0.1) is 21.6 Å². The van der Waals surface area contributed by atoms with E-state index < -0.39 is 0 Å². The number of nitrogens with zero attached hydrogens (tertiary/aromatic N) is 1. The smallest absolute Gasteiger partial charge is 0.224 e. The number of nitrogen functional groups attached to an aromatic ring is 1. The number of nitrogens with two attached hydrogens (primary N) is 1. The molecule has 1 aromatic heterocycles. The van der Waals surface area contributed by atoms with Crippen LogP contribution in [0.25, 0.3) is 10.2 Å². The summed E-state index contributed by atoms with van der Waals surface area (Å²) < 4.78 is 0.955. The number of anilines is 2. The van der Waals surface area contributed by atoms with Crippen molar-refractivity contribution in [3.63, 3.8) is 0 Å². The lowest BCUT2D eigenvalue weighted by molar-refractivity contribution is -0.116. The summed E-state index contributed by atoms with van der Waals surface area (Å²) >= 11 is 1.50. The Kier molecular flexibility index (Phi) is 1.70. The molecule has 0 saturated heterocycles. The molecule has 0 fully saturated rings. The van der Waals surface area contributed by atoms with Gasteiger partial charge in [0.15, 0.2) is 0 Å². The molecule has 3 N–H and O–H groups in total. The third-order valence-corrected chi connectivity index (χ3v) is 3.48. The van der Waals surface area contributed by atoms with Crippen molar-refractivity contribution in [1.29, 1.82) is 0 Å². The SMILES string of the molecule is Nc1cc2c(c3ncsc13)NC(=O)CC2. The highest BCUT2D eigenvalue weighted by Crippen LogP contribution is 2.36. The predicted molar refractivity (Wildman–Crippen MR) is 61.0 cm³/mol. The molecule has 1 aliphatic rings. The number of thiazole rings is 1. The first-order valence-corrected chi connectivity index (χ1v) is 5.58. The first-order chi connectivity index (χ1) is 7.25. The molecule has 15 heavy (non-hydrogen) atoms. The van der Waals surface area contributed by atoms with Gasteiger partial charge in [-0.15, -0.1) is 11.3 Å². The number of aryl methyl sites for hydroxylation is 1. The van der Waals surface area contributed by atoms with Crippen molar-refractivity contribution in [2.24, 2.45) is 0 Å². The van der Waals surface area contributed by atoms with Crippen molar-refractivity contribution >= 4 is 38.8 Å². The van der Waals surface area contributed by atoms with E-state index in [1.807, 2.05) is 6.07 Å². The van der Waals surface area contributed by atoms with E-state index in [0.29, 0.717) is 6.42 Å². The first kappa shape index (κ1) is 8.67. The number of hydrogen-bond acceptors (Lipinski definition) is 4. The van der Waals surface area contributed by atoms with Crippen LogP contribution in [0.4, 0.5) is 11.4 Å². The van der Waals surface area contributed by atoms with E-state index in [1.165, 1.54) is 11.3 Å². The quantitative estimate of drug-likeness (QED) is 0.663. The zero-order valence-electron chi connectivity index (χ0n) is 7.91. The first-order valence-electron chi connectivity index (χ1n) is 4.70. The Bertz CT molecular complexity index is 561. The Morgan fingerprint density at radius 1 is 1.47 bits per heavy atom. The van der Waals surface area contributed by atoms with Crippen LogP contribution in [0, 0.1) is 0 Å². The van der Waals surface area contributed by atoms with Crippen molar-refractivity contribution in [3.05, 3.63) is 17.1 Å². The lowest BCUT2D eigenvalue weighted by Gasteiger charge is -2.17. The second kappa shape index (κ2) is 2.93. The highest BCUT2D eigenvalue weighted by atomic mass is 32.1. The monoisotopic (exact) mass is 219 g/mol. The topological polar surface area (TPSA) is 68.0 Å². The van der Waals surface area contributed by atoms with Gasteiger partial charge in [-0.3, -0.25) is 4.79 Å². The fourth-order valence-electron chi connectivity index (χ4n) is 1.89. The van der Waals surface area contributed by atoms with Crippen LogP contribution >= 0.6 is 11.3 Å². The van der Waals surface area contributed by atoms with E-state index in [-0.39, 0.29) is 5.91 Å². The largest absolute Gasteiger partial charge is 0.398 e. The summed E-state index contributed by atoms with van der Waals surface area (Å²) in [5.74, 6) is 0.0570. The van der Waals surface area contributed by atoms with Gasteiger partial charge < -0.3 is 11.1 Å². The van der Waals surface area contributed by atoms with Gasteiger partial charge in [0, 0.05) is 6.42 Å². The zero-order chi connectivity index (χ0) is 10.4. The van der Waals surface area contributed by atoms with E-state index in [1.54, 1.807) is 5.51 Å². The fraction of sp³-hybridized carbons (Fsp3) is 0.200. The number of hydrogen-bond donors (Lipinski definition) is 2.